The average Bonchev–Trinajstić information content (AvgIpc) is 3.10. The topological polar surface area (TPSA) is 52.5 Å². The molecule has 1 atom stereocenters. The van der Waals surface area contributed by atoms with Crippen LogP contribution in [0.4, 0.5) is 0 Å². The molecule has 6 nitrogen and oxygen atoms in total. The zero-order valence-electron chi connectivity index (χ0n) is 15.8. The molecular weight excluding hydrogens is 300 g/mol. The molecule has 2 heterocycles. The van der Waals surface area contributed by atoms with Gasteiger partial charge in [-0.05, 0) is 36.1 Å². The van der Waals surface area contributed by atoms with E-state index in [2.05, 4.69) is 41.0 Å². The third kappa shape index (κ3) is 4.14. The van der Waals surface area contributed by atoms with Crippen LogP contribution in [0.2, 0.25) is 0 Å². The van der Waals surface area contributed by atoms with Gasteiger partial charge in [-0.15, -0.1) is 5.10 Å². The molecule has 1 aliphatic heterocycles. The van der Waals surface area contributed by atoms with E-state index in [0.29, 0.717) is 18.0 Å². The normalized spacial score (nSPS) is 27.5. The summed E-state index contributed by atoms with van der Waals surface area (Å²) in [5.41, 5.74) is 0. The first kappa shape index (κ1) is 17.8. The minimum absolute atomic E-state index is 0.459. The Hall–Kier alpha value is -1.01. The molecule has 2 fully saturated rings. The summed E-state index contributed by atoms with van der Waals surface area (Å²) in [7, 11) is 0. The van der Waals surface area contributed by atoms with Gasteiger partial charge < -0.3 is 9.80 Å². The maximum absolute atomic E-state index is 4.53. The van der Waals surface area contributed by atoms with E-state index in [-0.39, 0.29) is 0 Å². The molecule has 1 saturated carbocycles. The number of likely N-dealkylation sites (N-methyl/N-ethyl adjacent to an activating group) is 1. The second kappa shape index (κ2) is 8.39. The maximum Gasteiger partial charge on any atom is 0.209 e. The van der Waals surface area contributed by atoms with Gasteiger partial charge in [-0.3, -0.25) is 0 Å². The fraction of sp³-hybridized carbons (Fsp3) is 0.944. The third-order valence-corrected chi connectivity index (χ3v) is 6.05. The predicted molar refractivity (Wildman–Crippen MR) is 94.1 cm³/mol. The summed E-state index contributed by atoms with van der Waals surface area (Å²) in [6, 6.07) is 0.987. The number of quaternary nitrogens is 2. The number of tetrazole rings is 1. The SMILES string of the molecule is CC[NH+]1CC[NH+]([C@H](CC(C)C)c2nnnn2C2CCCCC2)CC1. The first-order valence-corrected chi connectivity index (χ1v) is 10.1. The van der Waals surface area contributed by atoms with E-state index < -0.39 is 0 Å². The van der Waals surface area contributed by atoms with E-state index in [1.165, 1.54) is 71.2 Å². The van der Waals surface area contributed by atoms with Crippen LogP contribution in [-0.4, -0.2) is 52.9 Å². The van der Waals surface area contributed by atoms with Crippen molar-refractivity contribution in [3.05, 3.63) is 5.82 Å². The van der Waals surface area contributed by atoms with E-state index >= 15 is 0 Å². The van der Waals surface area contributed by atoms with E-state index in [0.717, 1.165) is 5.82 Å². The van der Waals surface area contributed by atoms with Crippen molar-refractivity contribution in [3.8, 4) is 0 Å². The van der Waals surface area contributed by atoms with Crippen LogP contribution >= 0.6 is 0 Å². The Bertz CT molecular complexity index is 485. The van der Waals surface area contributed by atoms with Crippen molar-refractivity contribution < 1.29 is 9.80 Å². The van der Waals surface area contributed by atoms with Crippen molar-refractivity contribution in [2.75, 3.05) is 32.7 Å². The van der Waals surface area contributed by atoms with E-state index in [1.807, 2.05) is 0 Å². The summed E-state index contributed by atoms with van der Waals surface area (Å²) >= 11 is 0. The molecule has 2 N–H and O–H groups in total. The fourth-order valence-electron chi connectivity index (χ4n) is 4.57. The Kier molecular flexibility index (Phi) is 6.22. The quantitative estimate of drug-likeness (QED) is 0.773. The smallest absolute Gasteiger partial charge is 0.209 e. The van der Waals surface area contributed by atoms with Crippen LogP contribution in [0.3, 0.4) is 0 Å². The molecule has 0 spiro atoms. The van der Waals surface area contributed by atoms with Crippen LogP contribution in [0.25, 0.3) is 0 Å². The number of nitrogens with zero attached hydrogens (tertiary/aromatic N) is 4. The van der Waals surface area contributed by atoms with Gasteiger partial charge in [0.2, 0.25) is 5.82 Å². The van der Waals surface area contributed by atoms with Crippen molar-refractivity contribution in [1.29, 1.82) is 0 Å². The Morgan fingerprint density at radius 2 is 1.79 bits per heavy atom. The molecule has 2 aliphatic rings. The molecule has 1 saturated heterocycles. The van der Waals surface area contributed by atoms with Gasteiger partial charge in [-0.2, -0.15) is 0 Å². The second-order valence-electron chi connectivity index (χ2n) is 8.22. The number of aromatic nitrogens is 4. The fourth-order valence-corrected chi connectivity index (χ4v) is 4.57. The standard InChI is InChI=1S/C18H34N6/c1-4-22-10-12-23(13-11-22)17(14-15(2)3)18-19-20-21-24(18)16-8-6-5-7-9-16/h15-17H,4-14H2,1-3H3/p+2/t17-/m1/s1. The van der Waals surface area contributed by atoms with E-state index in [9.17, 15) is 0 Å². The summed E-state index contributed by atoms with van der Waals surface area (Å²) in [4.78, 5) is 3.45. The van der Waals surface area contributed by atoms with Crippen molar-refractivity contribution >= 4 is 0 Å². The monoisotopic (exact) mass is 336 g/mol. The van der Waals surface area contributed by atoms with Crippen LogP contribution < -0.4 is 9.80 Å². The van der Waals surface area contributed by atoms with Gasteiger partial charge >= 0.3 is 0 Å². The van der Waals surface area contributed by atoms with Crippen LogP contribution in [-0.2, 0) is 0 Å². The molecule has 0 unspecified atom stereocenters. The molecule has 136 valence electrons. The zero-order valence-corrected chi connectivity index (χ0v) is 15.8. The van der Waals surface area contributed by atoms with E-state index in [1.54, 1.807) is 9.80 Å². The number of rotatable bonds is 6. The Morgan fingerprint density at radius 3 is 2.42 bits per heavy atom. The number of hydrogen-bond acceptors (Lipinski definition) is 3. The molecule has 0 radical (unpaired) electrons. The van der Waals surface area contributed by atoms with Gasteiger partial charge in [0.15, 0.2) is 6.04 Å². The Morgan fingerprint density at radius 1 is 1.08 bits per heavy atom. The lowest BCUT2D eigenvalue weighted by molar-refractivity contribution is -1.03. The Balaban J connectivity index is 1.77. The molecule has 0 amide bonds. The first-order valence-electron chi connectivity index (χ1n) is 10.1. The van der Waals surface area contributed by atoms with Crippen LogP contribution in [0, 0.1) is 5.92 Å². The summed E-state index contributed by atoms with van der Waals surface area (Å²) in [5, 5.41) is 13.1. The third-order valence-electron chi connectivity index (χ3n) is 6.05. The predicted octanol–water partition coefficient (Wildman–Crippen LogP) is 0.0688. The van der Waals surface area contributed by atoms with Gasteiger partial charge in [0.1, 0.15) is 26.2 Å². The molecule has 0 aromatic carbocycles. The van der Waals surface area contributed by atoms with Crippen molar-refractivity contribution in [1.82, 2.24) is 20.2 Å². The summed E-state index contributed by atoms with van der Waals surface area (Å²) in [6.45, 7) is 13.3. The Labute approximate surface area is 146 Å². The van der Waals surface area contributed by atoms with Gasteiger partial charge in [0, 0.05) is 6.42 Å². The minimum atomic E-state index is 0.459. The molecule has 6 heteroatoms. The molecule has 1 aromatic rings. The number of nitrogens with one attached hydrogen (secondary N) is 2. The highest BCUT2D eigenvalue weighted by Gasteiger charge is 2.35. The van der Waals surface area contributed by atoms with Crippen molar-refractivity contribution in [2.24, 2.45) is 5.92 Å². The van der Waals surface area contributed by atoms with Crippen LogP contribution in [0.1, 0.15) is 77.2 Å². The first-order chi connectivity index (χ1) is 11.7. The minimum Gasteiger partial charge on any atom is -0.326 e. The maximum atomic E-state index is 4.53. The highest BCUT2D eigenvalue weighted by Crippen LogP contribution is 2.29. The lowest BCUT2D eigenvalue weighted by Crippen LogP contribution is -3.28. The highest BCUT2D eigenvalue weighted by atomic mass is 15.6. The average molecular weight is 337 g/mol. The highest BCUT2D eigenvalue weighted by molar-refractivity contribution is 4.91. The summed E-state index contributed by atoms with van der Waals surface area (Å²) in [6.07, 6.45) is 7.69. The summed E-state index contributed by atoms with van der Waals surface area (Å²) in [5.74, 6) is 1.83. The number of piperazine rings is 1. The van der Waals surface area contributed by atoms with Gasteiger partial charge in [-0.25, -0.2) is 4.68 Å². The van der Waals surface area contributed by atoms with Crippen LogP contribution in [0.5, 0.6) is 0 Å². The van der Waals surface area contributed by atoms with Crippen molar-refractivity contribution in [2.45, 2.75) is 71.4 Å². The zero-order chi connectivity index (χ0) is 16.9. The van der Waals surface area contributed by atoms with Gasteiger partial charge in [0.25, 0.3) is 0 Å². The summed E-state index contributed by atoms with van der Waals surface area (Å²) < 4.78 is 2.21. The lowest BCUT2D eigenvalue weighted by atomic mass is 9.94. The van der Waals surface area contributed by atoms with Crippen LogP contribution in [0.15, 0.2) is 0 Å². The van der Waals surface area contributed by atoms with Gasteiger partial charge in [0.05, 0.1) is 12.6 Å². The second-order valence-corrected chi connectivity index (χ2v) is 8.22. The largest absolute Gasteiger partial charge is 0.326 e. The lowest BCUT2D eigenvalue weighted by Gasteiger charge is -2.35. The van der Waals surface area contributed by atoms with E-state index in [4.69, 9.17) is 0 Å². The molecule has 1 aliphatic carbocycles. The molecule has 3 rings (SSSR count). The van der Waals surface area contributed by atoms with Crippen molar-refractivity contribution in [3.63, 3.8) is 0 Å². The molecule has 24 heavy (non-hydrogen) atoms. The van der Waals surface area contributed by atoms with Gasteiger partial charge in [-0.1, -0.05) is 33.1 Å². The molecular formula is C18H36N6+2. The molecule has 0 bridgehead atoms. The molecule has 1 aromatic heterocycles. The number of hydrogen-bond donors (Lipinski definition) is 2.